The molecular weight excluding hydrogens is 168 g/mol. The van der Waals surface area contributed by atoms with E-state index >= 15 is 0 Å². The van der Waals surface area contributed by atoms with Crippen LogP contribution < -0.4 is 0 Å². The zero-order chi connectivity index (χ0) is 9.12. The molecule has 5 atom stereocenters. The predicted molar refractivity (Wildman–Crippen MR) is 57.9 cm³/mol. The fourth-order valence-corrected chi connectivity index (χ4v) is 5.03. The van der Waals surface area contributed by atoms with E-state index in [1.165, 1.54) is 35.5 Å². The lowest BCUT2D eigenvalue weighted by Gasteiger charge is -2.66. The molecule has 0 bridgehead atoms. The molecule has 0 aliphatic heterocycles. The molecule has 0 amide bonds. The van der Waals surface area contributed by atoms with Gasteiger partial charge in [-0.1, -0.05) is 25.7 Å². The first kappa shape index (κ1) is 8.19. The van der Waals surface area contributed by atoms with Crippen molar-refractivity contribution in [3.05, 3.63) is 0 Å². The van der Waals surface area contributed by atoms with Crippen LogP contribution in [-0.4, -0.2) is 0 Å². The van der Waals surface area contributed by atoms with Crippen LogP contribution >= 0.6 is 0 Å². The van der Waals surface area contributed by atoms with Gasteiger partial charge < -0.3 is 0 Å². The largest absolute Gasteiger partial charge is 0.0530 e. The summed E-state index contributed by atoms with van der Waals surface area (Å²) in [5.74, 6) is 7.27. The van der Waals surface area contributed by atoms with E-state index in [9.17, 15) is 0 Å². The molecule has 0 spiro atoms. The van der Waals surface area contributed by atoms with Crippen molar-refractivity contribution in [2.45, 2.75) is 51.4 Å². The number of hydrogen-bond acceptors (Lipinski definition) is 0. The van der Waals surface area contributed by atoms with Gasteiger partial charge in [0.25, 0.3) is 0 Å². The van der Waals surface area contributed by atoms with E-state index in [0.29, 0.717) is 0 Å². The molecule has 0 aromatic carbocycles. The van der Waals surface area contributed by atoms with Crippen LogP contribution in [0.1, 0.15) is 51.4 Å². The van der Waals surface area contributed by atoms with Crippen molar-refractivity contribution in [3.8, 4) is 0 Å². The van der Waals surface area contributed by atoms with Gasteiger partial charge in [0.15, 0.2) is 0 Å². The highest BCUT2D eigenvalue weighted by Crippen LogP contribution is 2.67. The van der Waals surface area contributed by atoms with Crippen molar-refractivity contribution in [3.63, 3.8) is 0 Å². The molecule has 4 aliphatic rings. The summed E-state index contributed by atoms with van der Waals surface area (Å²) < 4.78 is 0. The molecule has 0 heteroatoms. The minimum Gasteiger partial charge on any atom is -0.0530 e. The standard InChI is InChI=1S/C14H22/c1-2-4-12-11(3-1)13-8-10(14(12)13)7-9-5-6-9/h9-14H,1-8H2. The van der Waals surface area contributed by atoms with Gasteiger partial charge in [-0.25, -0.2) is 0 Å². The molecule has 0 nitrogen and oxygen atoms in total. The monoisotopic (exact) mass is 190 g/mol. The fraction of sp³-hybridized carbons (Fsp3) is 1.00. The van der Waals surface area contributed by atoms with Gasteiger partial charge in [-0.2, -0.15) is 0 Å². The fourth-order valence-electron chi connectivity index (χ4n) is 5.03. The Labute approximate surface area is 87.5 Å². The average Bonchev–Trinajstić information content (AvgIpc) is 2.95. The molecule has 0 heterocycles. The van der Waals surface area contributed by atoms with Gasteiger partial charge in [-0.05, 0) is 61.2 Å². The summed E-state index contributed by atoms with van der Waals surface area (Å²) in [7, 11) is 0. The Kier molecular flexibility index (Phi) is 1.62. The SMILES string of the molecule is C1CCC2C(C1)C1CC(CC3CC3)C21. The average molecular weight is 190 g/mol. The molecule has 0 aromatic heterocycles. The van der Waals surface area contributed by atoms with Crippen molar-refractivity contribution in [2.75, 3.05) is 0 Å². The molecule has 0 N–H and O–H groups in total. The highest BCUT2D eigenvalue weighted by Gasteiger charge is 2.60. The van der Waals surface area contributed by atoms with Crippen LogP contribution in [0.25, 0.3) is 0 Å². The van der Waals surface area contributed by atoms with E-state index in [-0.39, 0.29) is 0 Å². The Bertz CT molecular complexity index is 240. The zero-order valence-electron chi connectivity index (χ0n) is 9.12. The van der Waals surface area contributed by atoms with Crippen LogP contribution in [0.2, 0.25) is 0 Å². The molecular formula is C14H22. The summed E-state index contributed by atoms with van der Waals surface area (Å²) in [5.41, 5.74) is 0. The number of fused-ring (bicyclic) bond motifs is 4. The van der Waals surface area contributed by atoms with Gasteiger partial charge in [0.1, 0.15) is 0 Å². The maximum atomic E-state index is 1.64. The normalized spacial score (nSPS) is 55.3. The summed E-state index contributed by atoms with van der Waals surface area (Å²) in [6.45, 7) is 0. The second-order valence-corrected chi connectivity index (χ2v) is 6.53. The van der Waals surface area contributed by atoms with E-state index in [1.54, 1.807) is 51.4 Å². The first-order valence-electron chi connectivity index (χ1n) is 6.93. The van der Waals surface area contributed by atoms with Crippen LogP contribution in [0, 0.1) is 35.5 Å². The van der Waals surface area contributed by atoms with Crippen LogP contribution in [-0.2, 0) is 0 Å². The maximum Gasteiger partial charge on any atom is -0.0323 e. The molecule has 14 heavy (non-hydrogen) atoms. The van der Waals surface area contributed by atoms with Crippen molar-refractivity contribution in [2.24, 2.45) is 35.5 Å². The highest BCUT2D eigenvalue weighted by molar-refractivity contribution is 5.08. The minimum absolute atomic E-state index is 1.18. The summed E-state index contributed by atoms with van der Waals surface area (Å²) in [4.78, 5) is 0. The molecule has 4 fully saturated rings. The summed E-state index contributed by atoms with van der Waals surface area (Å²) in [6, 6.07) is 0. The first-order chi connectivity index (χ1) is 6.93. The van der Waals surface area contributed by atoms with E-state index < -0.39 is 0 Å². The lowest BCUT2D eigenvalue weighted by molar-refractivity contribution is -0.172. The molecule has 0 aromatic rings. The van der Waals surface area contributed by atoms with Gasteiger partial charge >= 0.3 is 0 Å². The molecule has 4 saturated carbocycles. The summed E-state index contributed by atoms with van der Waals surface area (Å²) >= 11 is 0. The van der Waals surface area contributed by atoms with E-state index in [0.717, 1.165) is 0 Å². The highest BCUT2D eigenvalue weighted by atomic mass is 14.6. The van der Waals surface area contributed by atoms with Crippen LogP contribution in [0.3, 0.4) is 0 Å². The van der Waals surface area contributed by atoms with Gasteiger partial charge in [0, 0.05) is 0 Å². The van der Waals surface area contributed by atoms with Crippen LogP contribution in [0.15, 0.2) is 0 Å². The van der Waals surface area contributed by atoms with E-state index in [2.05, 4.69) is 0 Å². The van der Waals surface area contributed by atoms with E-state index in [1.807, 2.05) is 0 Å². The Morgan fingerprint density at radius 2 is 1.57 bits per heavy atom. The van der Waals surface area contributed by atoms with Crippen LogP contribution in [0.4, 0.5) is 0 Å². The number of hydrogen-bond donors (Lipinski definition) is 0. The quantitative estimate of drug-likeness (QED) is 0.620. The molecule has 78 valence electrons. The third kappa shape index (κ3) is 1.01. The molecule has 0 radical (unpaired) electrons. The zero-order valence-corrected chi connectivity index (χ0v) is 9.12. The molecule has 0 saturated heterocycles. The maximum absolute atomic E-state index is 1.64. The van der Waals surface area contributed by atoms with Crippen LogP contribution in [0.5, 0.6) is 0 Å². The third-order valence-corrected chi connectivity index (χ3v) is 5.87. The van der Waals surface area contributed by atoms with Gasteiger partial charge in [0.05, 0.1) is 0 Å². The lowest BCUT2D eigenvalue weighted by Crippen LogP contribution is -2.59. The second kappa shape index (κ2) is 2.77. The lowest BCUT2D eigenvalue weighted by atomic mass is 9.39. The third-order valence-electron chi connectivity index (χ3n) is 5.87. The van der Waals surface area contributed by atoms with E-state index in [4.69, 9.17) is 0 Å². The second-order valence-electron chi connectivity index (χ2n) is 6.53. The van der Waals surface area contributed by atoms with Crippen molar-refractivity contribution in [1.29, 1.82) is 0 Å². The molecule has 4 aliphatic carbocycles. The topological polar surface area (TPSA) is 0 Å². The predicted octanol–water partition coefficient (Wildman–Crippen LogP) is 3.86. The molecule has 4 rings (SSSR count). The van der Waals surface area contributed by atoms with Gasteiger partial charge in [-0.3, -0.25) is 0 Å². The van der Waals surface area contributed by atoms with Gasteiger partial charge in [0.2, 0.25) is 0 Å². The Morgan fingerprint density at radius 1 is 0.786 bits per heavy atom. The smallest absolute Gasteiger partial charge is 0.0323 e. The Balaban J connectivity index is 1.41. The molecule has 5 unspecified atom stereocenters. The summed E-state index contributed by atoms with van der Waals surface area (Å²) in [6.07, 6.45) is 12.7. The van der Waals surface area contributed by atoms with Crippen molar-refractivity contribution < 1.29 is 0 Å². The number of rotatable bonds is 2. The minimum atomic E-state index is 1.18. The van der Waals surface area contributed by atoms with Crippen molar-refractivity contribution >= 4 is 0 Å². The Morgan fingerprint density at radius 3 is 2.36 bits per heavy atom. The first-order valence-corrected chi connectivity index (χ1v) is 6.93. The van der Waals surface area contributed by atoms with Gasteiger partial charge in [-0.15, -0.1) is 0 Å². The Hall–Kier alpha value is 0. The van der Waals surface area contributed by atoms with Crippen molar-refractivity contribution in [1.82, 2.24) is 0 Å². The summed E-state index contributed by atoms with van der Waals surface area (Å²) in [5, 5.41) is 0.